The van der Waals surface area contributed by atoms with Crippen molar-refractivity contribution in [2.24, 2.45) is 7.05 Å². The number of anilines is 1. The highest BCUT2D eigenvalue weighted by Crippen LogP contribution is 2.35. The number of rotatable bonds is 7. The average Bonchev–Trinajstić information content (AvgIpc) is 3.42. The van der Waals surface area contributed by atoms with Gasteiger partial charge in [-0.3, -0.25) is 0 Å². The molecule has 11 heteroatoms. The van der Waals surface area contributed by atoms with Gasteiger partial charge in [0.2, 0.25) is 0 Å². The second-order valence-corrected chi connectivity index (χ2v) is 8.50. The highest BCUT2D eigenvalue weighted by Gasteiger charge is 2.21. The summed E-state index contributed by atoms with van der Waals surface area (Å²) < 4.78 is 44.4. The van der Waals surface area contributed by atoms with Crippen LogP contribution in [0.2, 0.25) is 0 Å². The van der Waals surface area contributed by atoms with Crippen molar-refractivity contribution >= 4 is 16.9 Å². The zero-order valence-corrected chi connectivity index (χ0v) is 19.8. The summed E-state index contributed by atoms with van der Waals surface area (Å²) in [7, 11) is 1.83. The van der Waals surface area contributed by atoms with Crippen molar-refractivity contribution in [2.45, 2.75) is 26.5 Å². The monoisotopic (exact) mass is 491 g/mol. The fourth-order valence-electron chi connectivity index (χ4n) is 3.79. The normalized spacial score (nSPS) is 11.4. The maximum Gasteiger partial charge on any atom is 0.164 e. The first-order valence-electron chi connectivity index (χ1n) is 11.1. The predicted octanol–water partition coefficient (Wildman–Crippen LogP) is 5.04. The molecule has 0 aliphatic carbocycles. The Kier molecular flexibility index (Phi) is 5.96. The van der Waals surface area contributed by atoms with Crippen LogP contribution in [-0.4, -0.2) is 29.3 Å². The third kappa shape index (κ3) is 4.42. The van der Waals surface area contributed by atoms with E-state index < -0.39 is 11.6 Å². The summed E-state index contributed by atoms with van der Waals surface area (Å²) in [5, 5.41) is 5.02. The Bertz CT molecular complexity index is 1560. The van der Waals surface area contributed by atoms with Crippen molar-refractivity contribution in [2.75, 3.05) is 5.73 Å². The SMILES string of the molecule is CC(C)n1nc(-c2ccc(Oc3cc(F)cc(OCc4cncn4C)c3)cc2F)c2c(N)ncnc21. The molecule has 3 aromatic heterocycles. The number of nitrogens with two attached hydrogens (primary N) is 1. The molecule has 0 unspecified atom stereocenters. The lowest BCUT2D eigenvalue weighted by Gasteiger charge is -2.11. The predicted molar refractivity (Wildman–Crippen MR) is 130 cm³/mol. The molecule has 0 bridgehead atoms. The molecule has 0 radical (unpaired) electrons. The minimum absolute atomic E-state index is 0.0245. The summed E-state index contributed by atoms with van der Waals surface area (Å²) in [6.07, 6.45) is 4.66. The molecule has 3 heterocycles. The summed E-state index contributed by atoms with van der Waals surface area (Å²) in [6.45, 7) is 4.08. The number of hydrogen-bond acceptors (Lipinski definition) is 7. The van der Waals surface area contributed by atoms with Crippen LogP contribution >= 0.6 is 0 Å². The largest absolute Gasteiger partial charge is 0.487 e. The second kappa shape index (κ2) is 9.25. The van der Waals surface area contributed by atoms with Gasteiger partial charge in [0.1, 0.15) is 53.3 Å². The van der Waals surface area contributed by atoms with Gasteiger partial charge in [-0.25, -0.2) is 28.4 Å². The van der Waals surface area contributed by atoms with Crippen LogP contribution in [0.4, 0.5) is 14.6 Å². The fourth-order valence-corrected chi connectivity index (χ4v) is 3.79. The van der Waals surface area contributed by atoms with Crippen LogP contribution in [0.15, 0.2) is 55.2 Å². The number of nitrogen functional groups attached to an aromatic ring is 1. The number of aromatic nitrogens is 6. The van der Waals surface area contributed by atoms with Crippen LogP contribution < -0.4 is 15.2 Å². The van der Waals surface area contributed by atoms with E-state index in [1.54, 1.807) is 27.8 Å². The van der Waals surface area contributed by atoms with Gasteiger partial charge in [-0.05, 0) is 26.0 Å². The van der Waals surface area contributed by atoms with Crippen LogP contribution in [0.5, 0.6) is 17.2 Å². The Hall–Kier alpha value is -4.54. The second-order valence-electron chi connectivity index (χ2n) is 8.50. The van der Waals surface area contributed by atoms with Gasteiger partial charge < -0.3 is 19.8 Å². The maximum absolute atomic E-state index is 15.3. The van der Waals surface area contributed by atoms with Crippen LogP contribution in [0.3, 0.4) is 0 Å². The van der Waals surface area contributed by atoms with E-state index in [4.69, 9.17) is 15.2 Å². The van der Waals surface area contributed by atoms with Gasteiger partial charge in [0, 0.05) is 42.9 Å². The number of halogens is 2. The summed E-state index contributed by atoms with van der Waals surface area (Å²) in [6, 6.07) is 8.25. The van der Waals surface area contributed by atoms with Gasteiger partial charge in [-0.2, -0.15) is 5.10 Å². The molecule has 0 amide bonds. The Labute approximate surface area is 205 Å². The molecule has 0 atom stereocenters. The first kappa shape index (κ1) is 23.2. The highest BCUT2D eigenvalue weighted by atomic mass is 19.1. The van der Waals surface area contributed by atoms with Crippen molar-refractivity contribution in [3.05, 3.63) is 72.6 Å². The van der Waals surface area contributed by atoms with E-state index in [0.29, 0.717) is 16.7 Å². The van der Waals surface area contributed by atoms with Crippen LogP contribution in [0.25, 0.3) is 22.3 Å². The fraction of sp³-hybridized carbons (Fsp3) is 0.200. The van der Waals surface area contributed by atoms with Gasteiger partial charge in [0.25, 0.3) is 0 Å². The minimum Gasteiger partial charge on any atom is -0.487 e. The van der Waals surface area contributed by atoms with Crippen molar-refractivity contribution < 1.29 is 18.3 Å². The Balaban J connectivity index is 1.42. The number of ether oxygens (including phenoxy) is 2. The molecular formula is C25H23F2N7O2. The number of hydrogen-bond donors (Lipinski definition) is 1. The Morgan fingerprint density at radius 3 is 2.56 bits per heavy atom. The van der Waals surface area contributed by atoms with Gasteiger partial charge in [-0.15, -0.1) is 0 Å². The number of nitrogens with zero attached hydrogens (tertiary/aromatic N) is 6. The third-order valence-corrected chi connectivity index (χ3v) is 5.59. The molecule has 0 saturated heterocycles. The van der Waals surface area contributed by atoms with E-state index in [-0.39, 0.29) is 41.3 Å². The number of aryl methyl sites for hydroxylation is 1. The Morgan fingerprint density at radius 1 is 1.03 bits per heavy atom. The smallest absolute Gasteiger partial charge is 0.164 e. The van der Waals surface area contributed by atoms with Crippen molar-refractivity contribution in [1.29, 1.82) is 0 Å². The lowest BCUT2D eigenvalue weighted by Crippen LogP contribution is -2.04. The molecular weight excluding hydrogens is 468 g/mol. The first-order chi connectivity index (χ1) is 17.3. The molecule has 36 heavy (non-hydrogen) atoms. The van der Waals surface area contributed by atoms with Crippen molar-refractivity contribution in [3.63, 3.8) is 0 Å². The lowest BCUT2D eigenvalue weighted by atomic mass is 10.1. The minimum atomic E-state index is -0.588. The number of fused-ring (bicyclic) bond motifs is 1. The molecule has 0 fully saturated rings. The first-order valence-corrected chi connectivity index (χ1v) is 11.1. The van der Waals surface area contributed by atoms with E-state index in [0.717, 1.165) is 5.69 Å². The van der Waals surface area contributed by atoms with Crippen molar-refractivity contribution in [3.8, 4) is 28.5 Å². The third-order valence-electron chi connectivity index (χ3n) is 5.59. The Morgan fingerprint density at radius 2 is 1.83 bits per heavy atom. The molecule has 9 nitrogen and oxygen atoms in total. The summed E-state index contributed by atoms with van der Waals surface area (Å²) in [4.78, 5) is 12.3. The zero-order chi connectivity index (χ0) is 25.4. The number of benzene rings is 2. The van der Waals surface area contributed by atoms with E-state index >= 15 is 4.39 Å². The van der Waals surface area contributed by atoms with Crippen LogP contribution in [0, 0.1) is 11.6 Å². The molecule has 0 saturated carbocycles. The zero-order valence-electron chi connectivity index (χ0n) is 19.8. The summed E-state index contributed by atoms with van der Waals surface area (Å²) >= 11 is 0. The van der Waals surface area contributed by atoms with Gasteiger partial charge in [-0.1, -0.05) is 0 Å². The maximum atomic E-state index is 15.3. The standard InChI is InChI=1S/C25H23F2N7O2/c1-14(2)34-25-22(24(28)30-12-31-25)23(32-34)20-5-4-17(9-21(20)27)36-19-7-15(26)6-18(8-19)35-11-16-10-29-13-33(16)3/h4-10,12-14H,11H2,1-3H3,(H2,28,30,31). The summed E-state index contributed by atoms with van der Waals surface area (Å²) in [5.74, 6) is -0.323. The molecule has 5 aromatic rings. The molecule has 5 rings (SSSR count). The van der Waals surface area contributed by atoms with E-state index in [1.807, 2.05) is 20.9 Å². The molecule has 0 aliphatic rings. The van der Waals surface area contributed by atoms with Gasteiger partial charge >= 0.3 is 0 Å². The molecule has 0 spiro atoms. The molecule has 2 aromatic carbocycles. The van der Waals surface area contributed by atoms with Gasteiger partial charge in [0.15, 0.2) is 5.65 Å². The van der Waals surface area contributed by atoms with Crippen LogP contribution in [-0.2, 0) is 13.7 Å². The highest BCUT2D eigenvalue weighted by molar-refractivity contribution is 5.98. The van der Waals surface area contributed by atoms with E-state index in [9.17, 15) is 4.39 Å². The summed E-state index contributed by atoms with van der Waals surface area (Å²) in [5.41, 5.74) is 7.96. The quantitative estimate of drug-likeness (QED) is 0.340. The van der Waals surface area contributed by atoms with E-state index in [2.05, 4.69) is 20.1 Å². The topological polar surface area (TPSA) is 106 Å². The molecule has 0 aliphatic heterocycles. The van der Waals surface area contributed by atoms with Gasteiger partial charge in [0.05, 0.1) is 23.6 Å². The van der Waals surface area contributed by atoms with Crippen molar-refractivity contribution in [1.82, 2.24) is 29.3 Å². The lowest BCUT2D eigenvalue weighted by molar-refractivity contribution is 0.294. The average molecular weight is 492 g/mol. The molecule has 2 N–H and O–H groups in total. The van der Waals surface area contributed by atoms with E-state index in [1.165, 1.54) is 36.7 Å². The van der Waals surface area contributed by atoms with Crippen LogP contribution in [0.1, 0.15) is 25.6 Å². The molecule has 184 valence electrons. The number of imidazole rings is 1.